The molecular weight excluding hydrogens is 234 g/mol. The van der Waals surface area contributed by atoms with Gasteiger partial charge in [-0.1, -0.05) is 11.6 Å². The molecule has 100 valence electrons. The molecule has 1 aromatic heterocycles. The van der Waals surface area contributed by atoms with E-state index in [1.807, 2.05) is 0 Å². The quantitative estimate of drug-likeness (QED) is 0.625. The summed E-state index contributed by atoms with van der Waals surface area (Å²) in [5.74, 6) is 0.0816. The van der Waals surface area contributed by atoms with E-state index in [0.717, 1.165) is 19.3 Å². The summed E-state index contributed by atoms with van der Waals surface area (Å²) in [6.07, 6.45) is 4.62. The lowest BCUT2D eigenvalue weighted by Gasteiger charge is -2.18. The number of amides is 1. The van der Waals surface area contributed by atoms with Crippen molar-refractivity contribution in [3.63, 3.8) is 0 Å². The zero-order valence-corrected chi connectivity index (χ0v) is 10.2. The van der Waals surface area contributed by atoms with E-state index >= 15 is 0 Å². The van der Waals surface area contributed by atoms with Crippen LogP contribution in [-0.2, 0) is 17.9 Å². The maximum atomic E-state index is 11.8. The summed E-state index contributed by atoms with van der Waals surface area (Å²) in [6.45, 7) is 0.587. The fourth-order valence-electron chi connectivity index (χ4n) is 2.35. The van der Waals surface area contributed by atoms with Gasteiger partial charge < -0.3 is 16.2 Å². The van der Waals surface area contributed by atoms with Gasteiger partial charge in [-0.15, -0.1) is 5.10 Å². The largest absolute Gasteiger partial charge is 0.396 e. The van der Waals surface area contributed by atoms with Crippen molar-refractivity contribution in [1.82, 2.24) is 20.3 Å². The Morgan fingerprint density at radius 3 is 3.11 bits per heavy atom. The van der Waals surface area contributed by atoms with Crippen LogP contribution in [0.4, 0.5) is 0 Å². The number of nitrogens with two attached hydrogens (primary N) is 1. The zero-order valence-electron chi connectivity index (χ0n) is 10.2. The van der Waals surface area contributed by atoms with Gasteiger partial charge in [-0.2, -0.15) is 0 Å². The molecule has 0 radical (unpaired) electrons. The van der Waals surface area contributed by atoms with Gasteiger partial charge in [0.05, 0.1) is 11.9 Å². The first kappa shape index (κ1) is 13.0. The molecule has 18 heavy (non-hydrogen) atoms. The maximum Gasteiger partial charge on any atom is 0.242 e. The van der Waals surface area contributed by atoms with Gasteiger partial charge in [0.1, 0.15) is 6.54 Å². The molecule has 1 fully saturated rings. The van der Waals surface area contributed by atoms with Gasteiger partial charge in [-0.05, 0) is 12.8 Å². The molecule has 1 heterocycles. The van der Waals surface area contributed by atoms with E-state index in [-0.39, 0.29) is 31.0 Å². The van der Waals surface area contributed by atoms with Crippen molar-refractivity contribution in [3.05, 3.63) is 11.9 Å². The van der Waals surface area contributed by atoms with Gasteiger partial charge in [0.2, 0.25) is 5.91 Å². The molecule has 7 heteroatoms. The highest BCUT2D eigenvalue weighted by Gasteiger charge is 2.27. The molecule has 1 aliphatic rings. The predicted octanol–water partition coefficient (Wildman–Crippen LogP) is -0.986. The third-order valence-electron chi connectivity index (χ3n) is 3.34. The number of aromatic nitrogens is 3. The number of aliphatic hydroxyl groups excluding tert-OH is 1. The van der Waals surface area contributed by atoms with Crippen LogP contribution in [0.25, 0.3) is 0 Å². The summed E-state index contributed by atoms with van der Waals surface area (Å²) in [7, 11) is 0. The molecule has 4 N–H and O–H groups in total. The SMILES string of the molecule is NCc1cn(CC(=O)NC2CCCC2CO)nn1. The number of rotatable bonds is 5. The maximum absolute atomic E-state index is 11.8. The number of aliphatic hydroxyl groups is 1. The summed E-state index contributed by atoms with van der Waals surface area (Å²) >= 11 is 0. The number of hydrogen-bond donors (Lipinski definition) is 3. The van der Waals surface area contributed by atoms with Crippen molar-refractivity contribution >= 4 is 5.91 Å². The topological polar surface area (TPSA) is 106 Å². The molecular formula is C11H19N5O2. The Kier molecular flexibility index (Phi) is 4.27. The molecule has 2 rings (SSSR count). The minimum absolute atomic E-state index is 0.0833. The summed E-state index contributed by atoms with van der Waals surface area (Å²) in [5, 5.41) is 19.8. The van der Waals surface area contributed by atoms with Crippen LogP contribution in [0.5, 0.6) is 0 Å². The molecule has 1 saturated carbocycles. The zero-order chi connectivity index (χ0) is 13.0. The molecule has 0 saturated heterocycles. The first-order valence-electron chi connectivity index (χ1n) is 6.22. The summed E-state index contributed by atoms with van der Waals surface area (Å²) in [5.41, 5.74) is 6.08. The predicted molar refractivity (Wildman–Crippen MR) is 64.3 cm³/mol. The van der Waals surface area contributed by atoms with Crippen molar-refractivity contribution in [2.75, 3.05) is 6.61 Å². The molecule has 0 aliphatic heterocycles. The number of nitrogens with one attached hydrogen (secondary N) is 1. The van der Waals surface area contributed by atoms with Crippen LogP contribution < -0.4 is 11.1 Å². The number of nitrogens with zero attached hydrogens (tertiary/aromatic N) is 3. The third-order valence-corrected chi connectivity index (χ3v) is 3.34. The van der Waals surface area contributed by atoms with Crippen LogP contribution in [0.1, 0.15) is 25.0 Å². The van der Waals surface area contributed by atoms with Crippen molar-refractivity contribution in [2.45, 2.75) is 38.4 Å². The average Bonchev–Trinajstić information content (AvgIpc) is 2.97. The molecule has 1 aromatic rings. The molecule has 0 aromatic carbocycles. The highest BCUT2D eigenvalue weighted by Crippen LogP contribution is 2.24. The minimum Gasteiger partial charge on any atom is -0.396 e. The van der Waals surface area contributed by atoms with Crippen LogP contribution >= 0.6 is 0 Å². The van der Waals surface area contributed by atoms with Crippen LogP contribution in [0, 0.1) is 5.92 Å². The fraction of sp³-hybridized carbons (Fsp3) is 0.727. The molecule has 2 unspecified atom stereocenters. The van der Waals surface area contributed by atoms with E-state index < -0.39 is 0 Å². The Morgan fingerprint density at radius 1 is 1.61 bits per heavy atom. The Balaban J connectivity index is 1.84. The van der Waals surface area contributed by atoms with Gasteiger partial charge in [-0.25, -0.2) is 4.68 Å². The Labute approximate surface area is 105 Å². The van der Waals surface area contributed by atoms with Crippen molar-refractivity contribution in [1.29, 1.82) is 0 Å². The lowest BCUT2D eigenvalue weighted by molar-refractivity contribution is -0.122. The van der Waals surface area contributed by atoms with Crippen molar-refractivity contribution < 1.29 is 9.90 Å². The van der Waals surface area contributed by atoms with Crippen LogP contribution in [0.3, 0.4) is 0 Å². The molecule has 2 atom stereocenters. The van der Waals surface area contributed by atoms with Gasteiger partial charge >= 0.3 is 0 Å². The minimum atomic E-state index is -0.103. The summed E-state index contributed by atoms with van der Waals surface area (Å²) < 4.78 is 1.47. The van der Waals surface area contributed by atoms with E-state index in [2.05, 4.69) is 15.6 Å². The van der Waals surface area contributed by atoms with Gasteiger partial charge in [0.25, 0.3) is 0 Å². The van der Waals surface area contributed by atoms with Crippen LogP contribution in [0.15, 0.2) is 6.20 Å². The normalized spacial score (nSPS) is 23.2. The number of hydrogen-bond acceptors (Lipinski definition) is 5. The van der Waals surface area contributed by atoms with E-state index in [4.69, 9.17) is 5.73 Å². The first-order valence-corrected chi connectivity index (χ1v) is 6.22. The summed E-state index contributed by atoms with van der Waals surface area (Å²) in [6, 6.07) is 0.0833. The lowest BCUT2D eigenvalue weighted by atomic mass is 10.1. The van der Waals surface area contributed by atoms with Crippen molar-refractivity contribution in [2.24, 2.45) is 11.7 Å². The van der Waals surface area contributed by atoms with Crippen molar-refractivity contribution in [3.8, 4) is 0 Å². The number of carbonyl (C=O) groups excluding carboxylic acids is 1. The third kappa shape index (κ3) is 3.05. The van der Waals surface area contributed by atoms with E-state index in [0.29, 0.717) is 12.2 Å². The van der Waals surface area contributed by atoms with E-state index in [1.54, 1.807) is 6.20 Å². The number of carbonyl (C=O) groups is 1. The van der Waals surface area contributed by atoms with Gasteiger partial charge in [-0.3, -0.25) is 4.79 Å². The first-order chi connectivity index (χ1) is 8.72. The molecule has 0 bridgehead atoms. The van der Waals surface area contributed by atoms with E-state index in [9.17, 15) is 9.90 Å². The second-order valence-corrected chi connectivity index (χ2v) is 4.66. The monoisotopic (exact) mass is 253 g/mol. The molecule has 1 amide bonds. The van der Waals surface area contributed by atoms with Crippen LogP contribution in [0.2, 0.25) is 0 Å². The molecule has 1 aliphatic carbocycles. The highest BCUT2D eigenvalue weighted by molar-refractivity contribution is 5.76. The second-order valence-electron chi connectivity index (χ2n) is 4.66. The lowest BCUT2D eigenvalue weighted by Crippen LogP contribution is -2.40. The van der Waals surface area contributed by atoms with Gasteiger partial charge in [0, 0.05) is 25.1 Å². The standard InChI is InChI=1S/C11H19N5O2/c12-4-9-5-16(15-14-9)6-11(18)13-10-3-1-2-8(10)7-17/h5,8,10,17H,1-4,6-7,12H2,(H,13,18). The molecule has 0 spiro atoms. The Hall–Kier alpha value is -1.47. The van der Waals surface area contributed by atoms with E-state index in [1.165, 1.54) is 4.68 Å². The Morgan fingerprint density at radius 2 is 2.44 bits per heavy atom. The highest BCUT2D eigenvalue weighted by atomic mass is 16.3. The fourth-order valence-corrected chi connectivity index (χ4v) is 2.35. The van der Waals surface area contributed by atoms with Crippen LogP contribution in [-0.4, -0.2) is 38.7 Å². The summed E-state index contributed by atoms with van der Waals surface area (Å²) in [4.78, 5) is 11.8. The second kappa shape index (κ2) is 5.92. The molecule has 7 nitrogen and oxygen atoms in total. The smallest absolute Gasteiger partial charge is 0.242 e. The average molecular weight is 253 g/mol. The Bertz CT molecular complexity index is 406. The van der Waals surface area contributed by atoms with Gasteiger partial charge in [0.15, 0.2) is 0 Å².